The van der Waals surface area contributed by atoms with Crippen LogP contribution in [0, 0.1) is 0 Å². The SMILES string of the molecule is NCc1cccc(NC(C(=O)Nc2ccc(N3CCCCC3=O)cc2)c2ccccc2C(F)(F)F)c1. The second-order valence-electron chi connectivity index (χ2n) is 8.61. The first kappa shape index (κ1) is 25.2. The first-order valence-electron chi connectivity index (χ1n) is 11.7. The zero-order valence-corrected chi connectivity index (χ0v) is 19.5. The van der Waals surface area contributed by atoms with E-state index in [4.69, 9.17) is 5.73 Å². The van der Waals surface area contributed by atoms with Crippen molar-refractivity contribution in [3.8, 4) is 0 Å². The smallest absolute Gasteiger partial charge is 0.370 e. The predicted molar refractivity (Wildman–Crippen MR) is 133 cm³/mol. The van der Waals surface area contributed by atoms with Gasteiger partial charge < -0.3 is 21.3 Å². The standard InChI is InChI=1S/C27H27F3N4O2/c28-27(29,30)23-9-2-1-8-22(23)25(32-20-7-5-6-18(16-20)17-31)26(36)33-19-11-13-21(14-12-19)34-15-4-3-10-24(34)35/h1-2,5-9,11-14,16,25,32H,3-4,10,15,17,31H2,(H,33,36). The summed E-state index contributed by atoms with van der Waals surface area (Å²) in [4.78, 5) is 27.2. The number of piperidine rings is 1. The maximum atomic E-state index is 13.8. The van der Waals surface area contributed by atoms with Gasteiger partial charge in [-0.2, -0.15) is 13.2 Å². The van der Waals surface area contributed by atoms with Crippen molar-refractivity contribution in [2.45, 2.75) is 38.0 Å². The Morgan fingerprint density at radius 3 is 2.42 bits per heavy atom. The highest BCUT2D eigenvalue weighted by Gasteiger charge is 2.37. The quantitative estimate of drug-likeness (QED) is 0.405. The highest BCUT2D eigenvalue weighted by Crippen LogP contribution is 2.36. The molecule has 0 bridgehead atoms. The highest BCUT2D eigenvalue weighted by atomic mass is 19.4. The fraction of sp³-hybridized carbons (Fsp3) is 0.259. The Hall–Kier alpha value is -3.85. The molecule has 0 aliphatic carbocycles. The lowest BCUT2D eigenvalue weighted by molar-refractivity contribution is -0.138. The van der Waals surface area contributed by atoms with Crippen LogP contribution in [0.2, 0.25) is 0 Å². The number of benzene rings is 3. The molecule has 1 atom stereocenters. The third-order valence-electron chi connectivity index (χ3n) is 6.08. The summed E-state index contributed by atoms with van der Waals surface area (Å²) >= 11 is 0. The van der Waals surface area contributed by atoms with E-state index in [1.54, 1.807) is 53.4 Å². The van der Waals surface area contributed by atoms with Gasteiger partial charge in [0, 0.05) is 36.6 Å². The Labute approximate surface area is 207 Å². The highest BCUT2D eigenvalue weighted by molar-refractivity contribution is 5.98. The van der Waals surface area contributed by atoms with Gasteiger partial charge in [0.05, 0.1) is 5.56 Å². The van der Waals surface area contributed by atoms with Crippen molar-refractivity contribution in [2.75, 3.05) is 22.1 Å². The number of nitrogens with one attached hydrogen (secondary N) is 2. The van der Waals surface area contributed by atoms with Crippen molar-refractivity contribution in [3.63, 3.8) is 0 Å². The van der Waals surface area contributed by atoms with Crippen LogP contribution in [0.25, 0.3) is 0 Å². The third kappa shape index (κ3) is 5.85. The molecule has 1 saturated heterocycles. The Morgan fingerprint density at radius 1 is 0.972 bits per heavy atom. The summed E-state index contributed by atoms with van der Waals surface area (Å²) in [6, 6.07) is 17.2. The molecule has 36 heavy (non-hydrogen) atoms. The van der Waals surface area contributed by atoms with Gasteiger partial charge in [-0.15, -0.1) is 0 Å². The summed E-state index contributed by atoms with van der Waals surface area (Å²) in [5.74, 6) is -0.614. The van der Waals surface area contributed by atoms with E-state index in [9.17, 15) is 22.8 Å². The molecular formula is C27H27F3N4O2. The summed E-state index contributed by atoms with van der Waals surface area (Å²) in [7, 11) is 0. The largest absolute Gasteiger partial charge is 0.416 e. The molecule has 1 aliphatic heterocycles. The van der Waals surface area contributed by atoms with E-state index in [2.05, 4.69) is 10.6 Å². The fourth-order valence-corrected chi connectivity index (χ4v) is 4.26. The minimum absolute atomic E-state index is 0.0470. The van der Waals surface area contributed by atoms with Crippen molar-refractivity contribution < 1.29 is 22.8 Å². The number of rotatable bonds is 7. The molecule has 188 valence electrons. The third-order valence-corrected chi connectivity index (χ3v) is 6.08. The molecule has 1 unspecified atom stereocenters. The average molecular weight is 497 g/mol. The van der Waals surface area contributed by atoms with Crippen LogP contribution in [0.4, 0.5) is 30.2 Å². The summed E-state index contributed by atoms with van der Waals surface area (Å²) in [5.41, 5.74) is 6.96. The number of anilines is 3. The van der Waals surface area contributed by atoms with Crippen LogP contribution < -0.4 is 21.3 Å². The zero-order valence-electron chi connectivity index (χ0n) is 19.5. The Balaban J connectivity index is 1.62. The maximum Gasteiger partial charge on any atom is 0.416 e. The van der Waals surface area contributed by atoms with E-state index >= 15 is 0 Å². The average Bonchev–Trinajstić information content (AvgIpc) is 2.88. The van der Waals surface area contributed by atoms with E-state index in [1.165, 1.54) is 18.2 Å². The minimum atomic E-state index is -4.64. The lowest BCUT2D eigenvalue weighted by Gasteiger charge is -2.27. The van der Waals surface area contributed by atoms with Crippen LogP contribution in [-0.2, 0) is 22.3 Å². The van der Waals surface area contributed by atoms with Crippen molar-refractivity contribution in [1.82, 2.24) is 0 Å². The number of halogens is 3. The summed E-state index contributed by atoms with van der Waals surface area (Å²) in [6.45, 7) is 0.879. The number of nitrogens with zero attached hydrogens (tertiary/aromatic N) is 1. The first-order chi connectivity index (χ1) is 17.3. The second kappa shape index (κ2) is 10.8. The molecular weight excluding hydrogens is 469 g/mol. The molecule has 9 heteroatoms. The number of carbonyl (C=O) groups is 2. The molecule has 2 amide bonds. The normalized spacial score (nSPS) is 14.9. The minimum Gasteiger partial charge on any atom is -0.370 e. The molecule has 1 aliphatic rings. The van der Waals surface area contributed by atoms with Crippen molar-refractivity contribution in [2.24, 2.45) is 5.73 Å². The number of amides is 2. The molecule has 4 rings (SSSR count). The van der Waals surface area contributed by atoms with E-state index in [0.29, 0.717) is 30.0 Å². The molecule has 0 radical (unpaired) electrons. The lowest BCUT2D eigenvalue weighted by Crippen LogP contribution is -2.35. The van der Waals surface area contributed by atoms with Gasteiger partial charge in [0.15, 0.2) is 0 Å². The van der Waals surface area contributed by atoms with Gasteiger partial charge in [-0.3, -0.25) is 9.59 Å². The van der Waals surface area contributed by atoms with Crippen LogP contribution in [0.1, 0.15) is 42.0 Å². The van der Waals surface area contributed by atoms with E-state index in [-0.39, 0.29) is 18.0 Å². The molecule has 6 nitrogen and oxygen atoms in total. The fourth-order valence-electron chi connectivity index (χ4n) is 4.26. The van der Waals surface area contributed by atoms with Crippen molar-refractivity contribution >= 4 is 28.9 Å². The molecule has 0 aromatic heterocycles. The van der Waals surface area contributed by atoms with Crippen LogP contribution in [0.5, 0.6) is 0 Å². The van der Waals surface area contributed by atoms with E-state index in [1.807, 2.05) is 0 Å². The topological polar surface area (TPSA) is 87.5 Å². The van der Waals surface area contributed by atoms with Gasteiger partial charge >= 0.3 is 6.18 Å². The number of nitrogens with two attached hydrogens (primary N) is 1. The van der Waals surface area contributed by atoms with Gasteiger partial charge in [0.1, 0.15) is 6.04 Å². The van der Waals surface area contributed by atoms with Gasteiger partial charge in [0.25, 0.3) is 5.91 Å². The number of hydrogen-bond donors (Lipinski definition) is 3. The summed E-state index contributed by atoms with van der Waals surface area (Å²) in [6.07, 6.45) is -2.36. The predicted octanol–water partition coefficient (Wildman–Crippen LogP) is 5.47. The molecule has 1 fully saturated rings. The van der Waals surface area contributed by atoms with E-state index < -0.39 is 23.7 Å². The van der Waals surface area contributed by atoms with Crippen molar-refractivity contribution in [3.05, 3.63) is 89.5 Å². The van der Waals surface area contributed by atoms with Gasteiger partial charge in [-0.05, 0) is 66.4 Å². The Bertz CT molecular complexity index is 1230. The first-order valence-corrected chi connectivity index (χ1v) is 11.7. The Kier molecular flexibility index (Phi) is 7.59. The van der Waals surface area contributed by atoms with Crippen LogP contribution in [-0.4, -0.2) is 18.4 Å². The van der Waals surface area contributed by atoms with Crippen LogP contribution >= 0.6 is 0 Å². The molecule has 0 spiro atoms. The molecule has 3 aromatic carbocycles. The molecule has 0 saturated carbocycles. The van der Waals surface area contributed by atoms with E-state index in [0.717, 1.165) is 24.5 Å². The Morgan fingerprint density at radius 2 is 1.72 bits per heavy atom. The van der Waals surface area contributed by atoms with Gasteiger partial charge in [0.2, 0.25) is 5.91 Å². The number of carbonyl (C=O) groups excluding carboxylic acids is 2. The van der Waals surface area contributed by atoms with Gasteiger partial charge in [-0.25, -0.2) is 0 Å². The monoisotopic (exact) mass is 496 g/mol. The van der Waals surface area contributed by atoms with Crippen LogP contribution in [0.15, 0.2) is 72.8 Å². The van der Waals surface area contributed by atoms with Crippen molar-refractivity contribution in [1.29, 1.82) is 0 Å². The molecule has 3 aromatic rings. The summed E-state index contributed by atoms with van der Waals surface area (Å²) in [5, 5.41) is 5.66. The van der Waals surface area contributed by atoms with Crippen LogP contribution in [0.3, 0.4) is 0 Å². The number of hydrogen-bond acceptors (Lipinski definition) is 4. The van der Waals surface area contributed by atoms with Gasteiger partial charge in [-0.1, -0.05) is 30.3 Å². The zero-order chi connectivity index (χ0) is 25.7. The second-order valence-corrected chi connectivity index (χ2v) is 8.61. The lowest BCUT2D eigenvalue weighted by atomic mass is 9.98. The maximum absolute atomic E-state index is 13.8. The molecule has 1 heterocycles. The number of alkyl halides is 3. The summed E-state index contributed by atoms with van der Waals surface area (Å²) < 4.78 is 41.4. The molecule has 4 N–H and O–H groups in total.